The third-order valence-electron chi connectivity index (χ3n) is 3.58. The van der Waals surface area contributed by atoms with Crippen LogP contribution in [0, 0.1) is 0 Å². The van der Waals surface area contributed by atoms with Crippen molar-refractivity contribution in [3.63, 3.8) is 0 Å². The number of nitrogens with one attached hydrogen (secondary N) is 1. The molecule has 1 unspecified atom stereocenters. The summed E-state index contributed by atoms with van der Waals surface area (Å²) in [6, 6.07) is 0.524. The fourth-order valence-corrected chi connectivity index (χ4v) is 3.90. The molecule has 0 saturated carbocycles. The van der Waals surface area contributed by atoms with Crippen LogP contribution in [-0.4, -0.2) is 57.0 Å². The molecule has 4 nitrogen and oxygen atoms in total. The molecule has 1 atom stereocenters. The van der Waals surface area contributed by atoms with Crippen LogP contribution in [0.4, 0.5) is 0 Å². The minimum absolute atomic E-state index is 0.323. The van der Waals surface area contributed by atoms with E-state index in [-0.39, 0.29) is 0 Å². The number of piperidine rings is 1. The Balaban J connectivity index is 2.42. The third-order valence-corrected chi connectivity index (χ3v) is 5.42. The first-order valence-electron chi connectivity index (χ1n) is 7.24. The lowest BCUT2D eigenvalue weighted by atomic mass is 10.0. The molecule has 1 heterocycles. The first-order valence-corrected chi connectivity index (χ1v) is 9.06. The highest BCUT2D eigenvalue weighted by Crippen LogP contribution is 2.16. The number of likely N-dealkylation sites (tertiary alicyclic amines) is 1. The van der Waals surface area contributed by atoms with E-state index in [9.17, 15) is 8.42 Å². The largest absolute Gasteiger partial charge is 0.315 e. The van der Waals surface area contributed by atoms with Crippen LogP contribution in [0.5, 0.6) is 0 Å². The van der Waals surface area contributed by atoms with Crippen LogP contribution in [0.15, 0.2) is 0 Å². The Hall–Kier alpha value is -0.130. The molecule has 18 heavy (non-hydrogen) atoms. The second kappa shape index (κ2) is 8.12. The molecule has 108 valence electrons. The van der Waals surface area contributed by atoms with Crippen LogP contribution in [0.2, 0.25) is 0 Å². The van der Waals surface area contributed by atoms with Gasteiger partial charge in [-0.1, -0.05) is 20.3 Å². The zero-order valence-electron chi connectivity index (χ0n) is 11.8. The van der Waals surface area contributed by atoms with Crippen LogP contribution in [-0.2, 0) is 9.84 Å². The average molecular weight is 276 g/mol. The van der Waals surface area contributed by atoms with E-state index in [0.717, 1.165) is 26.1 Å². The molecule has 1 rings (SSSR count). The quantitative estimate of drug-likeness (QED) is 0.725. The van der Waals surface area contributed by atoms with Gasteiger partial charge in [-0.15, -0.1) is 0 Å². The third kappa shape index (κ3) is 5.67. The zero-order chi connectivity index (χ0) is 13.4. The fraction of sp³-hybridized carbons (Fsp3) is 1.00. The number of sulfone groups is 1. The summed E-state index contributed by atoms with van der Waals surface area (Å²) < 4.78 is 23.5. The number of hydrogen-bond acceptors (Lipinski definition) is 4. The predicted molar refractivity (Wildman–Crippen MR) is 76.7 cm³/mol. The number of nitrogens with zero attached hydrogens (tertiary/aromatic N) is 1. The minimum atomic E-state index is -2.84. The summed E-state index contributed by atoms with van der Waals surface area (Å²) in [6.07, 6.45) is 4.40. The fourth-order valence-electron chi connectivity index (χ4n) is 2.57. The van der Waals surface area contributed by atoms with Gasteiger partial charge in [0.1, 0.15) is 0 Å². The average Bonchev–Trinajstić information content (AvgIpc) is 2.35. The molecule has 0 aromatic rings. The highest BCUT2D eigenvalue weighted by atomic mass is 32.2. The van der Waals surface area contributed by atoms with Crippen molar-refractivity contribution in [3.05, 3.63) is 0 Å². The second-order valence-corrected chi connectivity index (χ2v) is 7.45. The Morgan fingerprint density at radius 2 is 2.00 bits per heavy atom. The maximum atomic E-state index is 11.8. The molecule has 0 aromatic carbocycles. The van der Waals surface area contributed by atoms with Crippen molar-refractivity contribution >= 4 is 9.84 Å². The summed E-state index contributed by atoms with van der Waals surface area (Å²) in [5, 5.41) is 3.38. The van der Waals surface area contributed by atoms with E-state index >= 15 is 0 Å². The summed E-state index contributed by atoms with van der Waals surface area (Å²) in [5.41, 5.74) is 0. The van der Waals surface area contributed by atoms with Crippen LogP contribution in [0.25, 0.3) is 0 Å². The highest BCUT2D eigenvalue weighted by molar-refractivity contribution is 7.91. The van der Waals surface area contributed by atoms with Crippen LogP contribution in [0.3, 0.4) is 0 Å². The molecule has 0 amide bonds. The van der Waals surface area contributed by atoms with Gasteiger partial charge < -0.3 is 5.32 Å². The number of likely N-dealkylation sites (N-methyl/N-ethyl adjacent to an activating group) is 1. The van der Waals surface area contributed by atoms with Crippen molar-refractivity contribution in [1.82, 2.24) is 10.2 Å². The number of hydrogen-bond donors (Lipinski definition) is 1. The monoisotopic (exact) mass is 276 g/mol. The minimum Gasteiger partial charge on any atom is -0.315 e. The van der Waals surface area contributed by atoms with Crippen molar-refractivity contribution in [3.8, 4) is 0 Å². The van der Waals surface area contributed by atoms with Gasteiger partial charge in [-0.3, -0.25) is 4.90 Å². The number of rotatable bonds is 8. The van der Waals surface area contributed by atoms with Gasteiger partial charge in [0.2, 0.25) is 0 Å². The van der Waals surface area contributed by atoms with Crippen molar-refractivity contribution in [2.24, 2.45) is 0 Å². The topological polar surface area (TPSA) is 49.4 Å². The molecule has 1 aliphatic heterocycles. The van der Waals surface area contributed by atoms with Gasteiger partial charge in [-0.2, -0.15) is 0 Å². The van der Waals surface area contributed by atoms with E-state index in [1.165, 1.54) is 19.3 Å². The lowest BCUT2D eigenvalue weighted by Gasteiger charge is -2.35. The van der Waals surface area contributed by atoms with Gasteiger partial charge in [-0.25, -0.2) is 8.42 Å². The normalized spacial score (nSPS) is 22.2. The molecule has 1 saturated heterocycles. The standard InChI is InChI=1S/C13H28N2O2S/c1-3-10-18(16,17)11-9-15-8-6-5-7-13(15)12-14-4-2/h13-14H,3-12H2,1-2H3. The molecule has 1 fully saturated rings. The van der Waals surface area contributed by atoms with Gasteiger partial charge in [0, 0.05) is 24.9 Å². The van der Waals surface area contributed by atoms with E-state index in [1.54, 1.807) is 0 Å². The van der Waals surface area contributed by atoms with E-state index in [4.69, 9.17) is 0 Å². The van der Waals surface area contributed by atoms with E-state index in [0.29, 0.717) is 24.1 Å². The molecule has 0 aliphatic carbocycles. The Kier molecular flexibility index (Phi) is 7.19. The van der Waals surface area contributed by atoms with Crippen LogP contribution >= 0.6 is 0 Å². The van der Waals surface area contributed by atoms with Gasteiger partial charge in [0.15, 0.2) is 9.84 Å². The SMILES string of the molecule is CCCS(=O)(=O)CCN1CCCCC1CNCC. The highest BCUT2D eigenvalue weighted by Gasteiger charge is 2.23. The Labute approximate surface area is 112 Å². The molecule has 1 aliphatic rings. The molecular formula is C13H28N2O2S. The first kappa shape index (κ1) is 15.9. The smallest absolute Gasteiger partial charge is 0.151 e. The molecule has 0 spiro atoms. The maximum absolute atomic E-state index is 11.8. The first-order chi connectivity index (χ1) is 8.59. The van der Waals surface area contributed by atoms with E-state index in [1.807, 2.05) is 6.92 Å². The van der Waals surface area contributed by atoms with Gasteiger partial charge in [0.05, 0.1) is 5.75 Å². The molecule has 0 aromatic heterocycles. The van der Waals surface area contributed by atoms with Crippen molar-refractivity contribution in [1.29, 1.82) is 0 Å². The predicted octanol–water partition coefficient (Wildman–Crippen LogP) is 1.28. The summed E-state index contributed by atoms with van der Waals surface area (Å²) in [4.78, 5) is 2.36. The lowest BCUT2D eigenvalue weighted by Crippen LogP contribution is -2.47. The van der Waals surface area contributed by atoms with Crippen molar-refractivity contribution < 1.29 is 8.42 Å². The summed E-state index contributed by atoms with van der Waals surface area (Å²) in [6.45, 7) is 7.77. The van der Waals surface area contributed by atoms with Gasteiger partial charge >= 0.3 is 0 Å². The lowest BCUT2D eigenvalue weighted by molar-refractivity contribution is 0.155. The van der Waals surface area contributed by atoms with Crippen molar-refractivity contribution in [2.45, 2.75) is 45.6 Å². The second-order valence-electron chi connectivity index (χ2n) is 5.15. The Bertz CT molecular complexity index is 317. The summed E-state index contributed by atoms with van der Waals surface area (Å²) in [7, 11) is -2.84. The van der Waals surface area contributed by atoms with Crippen molar-refractivity contribution in [2.75, 3.05) is 37.7 Å². The maximum Gasteiger partial charge on any atom is 0.151 e. The summed E-state index contributed by atoms with van der Waals surface area (Å²) >= 11 is 0. The van der Waals surface area contributed by atoms with E-state index < -0.39 is 9.84 Å². The summed E-state index contributed by atoms with van der Waals surface area (Å²) in [5.74, 6) is 0.655. The van der Waals surface area contributed by atoms with E-state index in [2.05, 4.69) is 17.1 Å². The Morgan fingerprint density at radius 3 is 2.67 bits per heavy atom. The molecular weight excluding hydrogens is 248 g/mol. The van der Waals surface area contributed by atoms with Gasteiger partial charge in [-0.05, 0) is 32.4 Å². The Morgan fingerprint density at radius 1 is 1.22 bits per heavy atom. The molecule has 0 bridgehead atoms. The van der Waals surface area contributed by atoms with Crippen LogP contribution < -0.4 is 5.32 Å². The zero-order valence-corrected chi connectivity index (χ0v) is 12.6. The molecule has 0 radical (unpaired) electrons. The molecule has 1 N–H and O–H groups in total. The van der Waals surface area contributed by atoms with Crippen LogP contribution in [0.1, 0.15) is 39.5 Å². The molecule has 5 heteroatoms. The van der Waals surface area contributed by atoms with Gasteiger partial charge in [0.25, 0.3) is 0 Å².